The highest BCUT2D eigenvalue weighted by molar-refractivity contribution is 5.71. The molecule has 5 heteroatoms. The van der Waals surface area contributed by atoms with E-state index in [0.29, 0.717) is 25.5 Å². The zero-order valence-electron chi connectivity index (χ0n) is 10.5. The molecule has 5 nitrogen and oxygen atoms in total. The molecular formula is C12H19NO4. The average Bonchev–Trinajstić information content (AvgIpc) is 2.78. The van der Waals surface area contributed by atoms with Gasteiger partial charge >= 0.3 is 6.09 Å². The molecule has 0 saturated heterocycles. The molecule has 0 unspecified atom stereocenters. The lowest BCUT2D eigenvalue weighted by molar-refractivity contribution is -0.143. The first-order chi connectivity index (χ1) is 8.24. The van der Waals surface area contributed by atoms with Crippen LogP contribution in [0.15, 0.2) is 18.3 Å². The predicted octanol–water partition coefficient (Wildman–Crippen LogP) is 2.56. The van der Waals surface area contributed by atoms with Gasteiger partial charge in [-0.25, -0.2) is 4.79 Å². The molecule has 0 N–H and O–H groups in total. The maximum atomic E-state index is 11.7. The number of hydrogen-bond acceptors (Lipinski definition) is 4. The number of carbonyl (C=O) groups excluding carboxylic acids is 1. The molecule has 0 bridgehead atoms. The Morgan fingerprint density at radius 3 is 2.41 bits per heavy atom. The first-order valence-corrected chi connectivity index (χ1v) is 5.82. The number of nitrogens with zero attached hydrogens (tertiary/aromatic N) is 1. The Balaban J connectivity index is 2.87. The van der Waals surface area contributed by atoms with Crippen LogP contribution in [-0.2, 0) is 14.2 Å². The molecule has 0 spiro atoms. The van der Waals surface area contributed by atoms with Gasteiger partial charge < -0.3 is 14.2 Å². The van der Waals surface area contributed by atoms with Crippen molar-refractivity contribution in [1.82, 2.24) is 4.57 Å². The standard InChI is InChI=1S/C12H19NO4/c1-4-15-11(16-5-2)10-8-7-9-13(10)12(14)17-6-3/h7-9,11H,4-6H2,1-3H3. The smallest absolute Gasteiger partial charge is 0.418 e. The van der Waals surface area contributed by atoms with Crippen LogP contribution in [0.4, 0.5) is 4.79 Å². The highest BCUT2D eigenvalue weighted by Crippen LogP contribution is 2.19. The summed E-state index contributed by atoms with van der Waals surface area (Å²) in [6.45, 7) is 6.89. The van der Waals surface area contributed by atoms with Crippen LogP contribution in [0.25, 0.3) is 0 Å². The first kappa shape index (κ1) is 13.7. The molecule has 1 rings (SSSR count). The van der Waals surface area contributed by atoms with Crippen molar-refractivity contribution in [3.8, 4) is 0 Å². The van der Waals surface area contributed by atoms with Crippen molar-refractivity contribution in [3.05, 3.63) is 24.0 Å². The summed E-state index contributed by atoms with van der Waals surface area (Å²) in [5.74, 6) is 0. The molecule has 0 saturated carbocycles. The molecule has 0 fully saturated rings. The van der Waals surface area contributed by atoms with E-state index in [1.54, 1.807) is 25.3 Å². The number of hydrogen-bond donors (Lipinski definition) is 0. The number of aromatic nitrogens is 1. The minimum atomic E-state index is -0.538. The van der Waals surface area contributed by atoms with Gasteiger partial charge in [0.25, 0.3) is 0 Å². The van der Waals surface area contributed by atoms with Crippen LogP contribution < -0.4 is 0 Å². The van der Waals surface area contributed by atoms with E-state index in [2.05, 4.69) is 0 Å². The average molecular weight is 241 g/mol. The van der Waals surface area contributed by atoms with Crippen molar-refractivity contribution >= 4 is 6.09 Å². The van der Waals surface area contributed by atoms with Gasteiger partial charge in [0, 0.05) is 19.4 Å². The second-order valence-corrected chi connectivity index (χ2v) is 3.24. The minimum absolute atomic E-state index is 0.338. The third-order valence-electron chi connectivity index (χ3n) is 2.12. The fourth-order valence-electron chi connectivity index (χ4n) is 1.47. The maximum absolute atomic E-state index is 11.7. The van der Waals surface area contributed by atoms with Crippen LogP contribution >= 0.6 is 0 Å². The lowest BCUT2D eigenvalue weighted by Gasteiger charge is -2.18. The highest BCUT2D eigenvalue weighted by Gasteiger charge is 2.19. The molecule has 0 aromatic carbocycles. The van der Waals surface area contributed by atoms with Crippen molar-refractivity contribution in [2.45, 2.75) is 27.1 Å². The minimum Gasteiger partial charge on any atom is -0.449 e. The van der Waals surface area contributed by atoms with Crippen molar-refractivity contribution in [3.63, 3.8) is 0 Å². The van der Waals surface area contributed by atoms with Gasteiger partial charge in [0.05, 0.1) is 12.3 Å². The van der Waals surface area contributed by atoms with E-state index in [4.69, 9.17) is 14.2 Å². The molecule has 0 amide bonds. The highest BCUT2D eigenvalue weighted by atomic mass is 16.7. The van der Waals surface area contributed by atoms with E-state index < -0.39 is 12.4 Å². The fraction of sp³-hybridized carbons (Fsp3) is 0.583. The topological polar surface area (TPSA) is 49.7 Å². The van der Waals surface area contributed by atoms with Gasteiger partial charge in [-0.2, -0.15) is 0 Å². The van der Waals surface area contributed by atoms with E-state index in [-0.39, 0.29) is 0 Å². The third kappa shape index (κ3) is 3.57. The Hall–Kier alpha value is -1.33. The van der Waals surface area contributed by atoms with Crippen LogP contribution in [0.5, 0.6) is 0 Å². The van der Waals surface area contributed by atoms with Crippen molar-refractivity contribution in [2.24, 2.45) is 0 Å². The van der Waals surface area contributed by atoms with Gasteiger partial charge in [0.1, 0.15) is 0 Å². The van der Waals surface area contributed by atoms with Gasteiger partial charge in [-0.1, -0.05) is 0 Å². The first-order valence-electron chi connectivity index (χ1n) is 5.82. The van der Waals surface area contributed by atoms with Gasteiger partial charge in [-0.05, 0) is 32.9 Å². The number of rotatable bonds is 6. The van der Waals surface area contributed by atoms with E-state index in [9.17, 15) is 4.79 Å². The Labute approximate surface area is 101 Å². The second kappa shape index (κ2) is 7.09. The van der Waals surface area contributed by atoms with Gasteiger partial charge in [0.15, 0.2) is 6.29 Å². The molecule has 96 valence electrons. The Morgan fingerprint density at radius 2 is 1.88 bits per heavy atom. The molecule has 0 aliphatic heterocycles. The lowest BCUT2D eigenvalue weighted by Crippen LogP contribution is -2.20. The van der Waals surface area contributed by atoms with Crippen molar-refractivity contribution in [1.29, 1.82) is 0 Å². The molecule has 0 atom stereocenters. The van der Waals surface area contributed by atoms with Gasteiger partial charge in [-0.3, -0.25) is 4.57 Å². The Morgan fingerprint density at radius 1 is 1.24 bits per heavy atom. The lowest BCUT2D eigenvalue weighted by atomic mass is 10.4. The SMILES string of the molecule is CCOC(=O)n1cccc1C(OCC)OCC. The van der Waals surface area contributed by atoms with Crippen LogP contribution in [0.2, 0.25) is 0 Å². The Bertz CT molecular complexity index is 342. The van der Waals surface area contributed by atoms with Crippen molar-refractivity contribution in [2.75, 3.05) is 19.8 Å². The van der Waals surface area contributed by atoms with E-state index in [1.807, 2.05) is 13.8 Å². The zero-order valence-corrected chi connectivity index (χ0v) is 10.5. The summed E-state index contributed by atoms with van der Waals surface area (Å²) in [7, 11) is 0. The summed E-state index contributed by atoms with van der Waals surface area (Å²) < 4.78 is 17.2. The summed E-state index contributed by atoms with van der Waals surface area (Å²) in [6, 6.07) is 3.55. The van der Waals surface area contributed by atoms with Gasteiger partial charge in [0.2, 0.25) is 0 Å². The molecule has 0 radical (unpaired) electrons. The molecule has 17 heavy (non-hydrogen) atoms. The van der Waals surface area contributed by atoms with Crippen LogP contribution in [0.3, 0.4) is 0 Å². The summed E-state index contributed by atoms with van der Waals surface area (Å²) in [5.41, 5.74) is 0.646. The summed E-state index contributed by atoms with van der Waals surface area (Å²) in [6.07, 6.45) is 0.680. The van der Waals surface area contributed by atoms with E-state index >= 15 is 0 Å². The number of carbonyl (C=O) groups is 1. The normalized spacial score (nSPS) is 10.8. The van der Waals surface area contributed by atoms with Crippen molar-refractivity contribution < 1.29 is 19.0 Å². The molecular weight excluding hydrogens is 222 g/mol. The van der Waals surface area contributed by atoms with E-state index in [0.717, 1.165) is 0 Å². The van der Waals surface area contributed by atoms with E-state index in [1.165, 1.54) is 4.57 Å². The molecule has 0 aliphatic rings. The second-order valence-electron chi connectivity index (χ2n) is 3.24. The third-order valence-corrected chi connectivity index (χ3v) is 2.12. The largest absolute Gasteiger partial charge is 0.449 e. The molecule has 1 aromatic rings. The molecule has 1 heterocycles. The van der Waals surface area contributed by atoms with Crippen LogP contribution in [0, 0.1) is 0 Å². The summed E-state index contributed by atoms with van der Waals surface area (Å²) >= 11 is 0. The zero-order chi connectivity index (χ0) is 12.7. The summed E-state index contributed by atoms with van der Waals surface area (Å²) in [4.78, 5) is 11.7. The molecule has 1 aromatic heterocycles. The quantitative estimate of drug-likeness (QED) is 0.718. The Kier molecular flexibility index (Phi) is 5.72. The monoisotopic (exact) mass is 241 g/mol. The summed E-state index contributed by atoms with van der Waals surface area (Å²) in [5, 5.41) is 0. The fourth-order valence-corrected chi connectivity index (χ4v) is 1.47. The van der Waals surface area contributed by atoms with Crippen LogP contribution in [-0.4, -0.2) is 30.5 Å². The number of ether oxygens (including phenoxy) is 3. The molecule has 0 aliphatic carbocycles. The van der Waals surface area contributed by atoms with Gasteiger partial charge in [-0.15, -0.1) is 0 Å². The van der Waals surface area contributed by atoms with Crippen LogP contribution in [0.1, 0.15) is 32.8 Å². The maximum Gasteiger partial charge on any atom is 0.418 e. The predicted molar refractivity (Wildman–Crippen MR) is 62.8 cm³/mol.